The molecule has 2 N–H and O–H groups in total. The molecule has 1 fully saturated rings. The number of rotatable bonds is 8. The minimum Gasteiger partial charge on any atom is -0.497 e. The van der Waals surface area contributed by atoms with Gasteiger partial charge in [0.05, 0.1) is 13.0 Å². The third-order valence-electron chi connectivity index (χ3n) is 5.25. The van der Waals surface area contributed by atoms with E-state index in [9.17, 15) is 14.4 Å². The van der Waals surface area contributed by atoms with Crippen LogP contribution in [0, 0.1) is 11.8 Å². The van der Waals surface area contributed by atoms with E-state index in [4.69, 9.17) is 4.74 Å². The molecule has 1 aliphatic rings. The molecule has 9 nitrogen and oxygen atoms in total. The predicted octanol–water partition coefficient (Wildman–Crippen LogP) is 2.81. The highest BCUT2D eigenvalue weighted by molar-refractivity contribution is 7.15. The third-order valence-corrected chi connectivity index (χ3v) is 6.16. The molecule has 2 aromatic rings. The van der Waals surface area contributed by atoms with Crippen LogP contribution in [0.1, 0.15) is 52.7 Å². The number of hydrogen-bond donors (Lipinski definition) is 2. The predicted molar refractivity (Wildman–Crippen MR) is 122 cm³/mol. The Labute approximate surface area is 191 Å². The second-order valence-corrected chi connectivity index (χ2v) is 9.14. The average molecular weight is 460 g/mol. The molecule has 0 radical (unpaired) electrons. The number of nitrogens with one attached hydrogen (secondary N) is 2. The zero-order chi connectivity index (χ0) is 23.1. The van der Waals surface area contributed by atoms with E-state index in [1.54, 1.807) is 36.3 Å². The topological polar surface area (TPSA) is 114 Å². The maximum Gasteiger partial charge on any atom is 0.286 e. The molecule has 1 aromatic carbocycles. The van der Waals surface area contributed by atoms with Crippen LogP contribution in [-0.2, 0) is 4.79 Å². The van der Waals surface area contributed by atoms with Crippen molar-refractivity contribution >= 4 is 34.7 Å². The average Bonchev–Trinajstić information content (AvgIpc) is 3.29. The van der Waals surface area contributed by atoms with Crippen LogP contribution >= 0.6 is 11.3 Å². The number of amides is 3. The number of likely N-dealkylation sites (tertiary alicyclic amines) is 1. The largest absolute Gasteiger partial charge is 0.497 e. The lowest BCUT2D eigenvalue weighted by Crippen LogP contribution is -2.45. The summed E-state index contributed by atoms with van der Waals surface area (Å²) in [6.07, 6.45) is 2.42. The number of hydrogen-bond acceptors (Lipinski definition) is 7. The number of benzene rings is 1. The summed E-state index contributed by atoms with van der Waals surface area (Å²) >= 11 is 0.946. The summed E-state index contributed by atoms with van der Waals surface area (Å²) in [5, 5.41) is 13.7. The van der Waals surface area contributed by atoms with Gasteiger partial charge in [-0.2, -0.15) is 0 Å². The van der Waals surface area contributed by atoms with Gasteiger partial charge in [-0.05, 0) is 49.4 Å². The van der Waals surface area contributed by atoms with E-state index < -0.39 is 5.91 Å². The zero-order valence-corrected chi connectivity index (χ0v) is 19.4. The molecular formula is C22H29N5O4S. The zero-order valence-electron chi connectivity index (χ0n) is 18.6. The van der Waals surface area contributed by atoms with Crippen LogP contribution in [0.2, 0.25) is 0 Å². The van der Waals surface area contributed by atoms with E-state index in [1.165, 1.54) is 0 Å². The van der Waals surface area contributed by atoms with Gasteiger partial charge in [-0.15, -0.1) is 10.2 Å². The van der Waals surface area contributed by atoms with Crippen molar-refractivity contribution in [3.8, 4) is 5.75 Å². The molecule has 2 heterocycles. The first kappa shape index (κ1) is 23.6. The molecule has 1 saturated heterocycles. The fraction of sp³-hybridized carbons (Fsp3) is 0.500. The third kappa shape index (κ3) is 6.25. The highest BCUT2D eigenvalue weighted by Crippen LogP contribution is 2.21. The van der Waals surface area contributed by atoms with Crippen molar-refractivity contribution in [1.82, 2.24) is 20.4 Å². The molecule has 3 amide bonds. The number of ether oxygens (including phenoxy) is 1. The molecule has 0 saturated carbocycles. The number of nitrogens with zero attached hydrogens (tertiary/aromatic N) is 3. The molecule has 0 aliphatic carbocycles. The van der Waals surface area contributed by atoms with Gasteiger partial charge >= 0.3 is 0 Å². The van der Waals surface area contributed by atoms with Gasteiger partial charge in [-0.3, -0.25) is 14.4 Å². The fourth-order valence-corrected chi connectivity index (χ4v) is 4.11. The number of anilines is 1. The van der Waals surface area contributed by atoms with Gasteiger partial charge in [0, 0.05) is 25.3 Å². The fourth-order valence-electron chi connectivity index (χ4n) is 3.40. The van der Waals surface area contributed by atoms with E-state index in [-0.39, 0.29) is 27.7 Å². The number of carbonyl (C=O) groups is 3. The summed E-state index contributed by atoms with van der Waals surface area (Å²) in [5.74, 6) is 0.220. The molecule has 0 spiro atoms. The van der Waals surface area contributed by atoms with Gasteiger partial charge in [0.25, 0.3) is 11.8 Å². The van der Waals surface area contributed by atoms with Crippen molar-refractivity contribution in [2.24, 2.45) is 11.8 Å². The van der Waals surface area contributed by atoms with Gasteiger partial charge in [0.15, 0.2) is 0 Å². The Bertz CT molecular complexity index is 944. The minimum absolute atomic E-state index is 0.0139. The first-order valence-corrected chi connectivity index (χ1v) is 11.5. The Morgan fingerprint density at radius 2 is 1.91 bits per heavy atom. The van der Waals surface area contributed by atoms with Crippen molar-refractivity contribution in [3.05, 3.63) is 34.3 Å². The van der Waals surface area contributed by atoms with Gasteiger partial charge in [-0.25, -0.2) is 0 Å². The van der Waals surface area contributed by atoms with Gasteiger partial charge < -0.3 is 20.3 Å². The Morgan fingerprint density at radius 1 is 1.19 bits per heavy atom. The van der Waals surface area contributed by atoms with Gasteiger partial charge in [-0.1, -0.05) is 25.2 Å². The minimum atomic E-state index is -0.437. The Hall–Kier alpha value is -3.01. The quantitative estimate of drug-likeness (QED) is 0.628. The first-order valence-electron chi connectivity index (χ1n) is 10.7. The highest BCUT2D eigenvalue weighted by atomic mass is 32.1. The molecule has 3 rings (SSSR count). The van der Waals surface area contributed by atoms with E-state index in [2.05, 4.69) is 34.7 Å². The van der Waals surface area contributed by atoms with Crippen LogP contribution in [0.25, 0.3) is 0 Å². The summed E-state index contributed by atoms with van der Waals surface area (Å²) in [7, 11) is 1.57. The maximum absolute atomic E-state index is 12.9. The maximum atomic E-state index is 12.9. The van der Waals surface area contributed by atoms with Crippen molar-refractivity contribution < 1.29 is 19.1 Å². The standard InChI is InChI=1S/C22H29N5O4S/c1-14(2)10-11-23-18(28)15-5-4-12-27(13-15)22(30)21-26-25-20(32-21)19(29)24-16-6-8-17(31-3)9-7-16/h6-9,14-15H,4-5,10-13H2,1-3H3,(H,23,28)(H,24,29)/t15-/m1/s1. The monoisotopic (exact) mass is 459 g/mol. The van der Waals surface area contributed by atoms with Crippen LogP contribution in [0.5, 0.6) is 5.75 Å². The molecule has 10 heteroatoms. The van der Waals surface area contributed by atoms with Crippen LogP contribution in [0.3, 0.4) is 0 Å². The second kappa shape index (κ2) is 11.0. The Balaban J connectivity index is 1.57. The Kier molecular flexibility index (Phi) is 8.15. The summed E-state index contributed by atoms with van der Waals surface area (Å²) in [6, 6.07) is 6.89. The first-order chi connectivity index (χ1) is 15.4. The van der Waals surface area contributed by atoms with E-state index in [1.807, 2.05) is 0 Å². The second-order valence-electron chi connectivity index (χ2n) is 8.16. The summed E-state index contributed by atoms with van der Waals surface area (Å²) in [6.45, 7) is 5.77. The molecule has 32 heavy (non-hydrogen) atoms. The Morgan fingerprint density at radius 3 is 2.59 bits per heavy atom. The van der Waals surface area contributed by atoms with Crippen LogP contribution in [0.4, 0.5) is 5.69 Å². The van der Waals surface area contributed by atoms with Crippen LogP contribution < -0.4 is 15.4 Å². The van der Waals surface area contributed by atoms with Gasteiger partial charge in [0.2, 0.25) is 15.9 Å². The molecule has 0 bridgehead atoms. The number of aromatic nitrogens is 2. The molecule has 172 valence electrons. The molecule has 1 aliphatic heterocycles. The number of methoxy groups -OCH3 is 1. The lowest BCUT2D eigenvalue weighted by molar-refractivity contribution is -0.126. The van der Waals surface area contributed by atoms with Crippen LogP contribution in [-0.4, -0.2) is 59.6 Å². The summed E-state index contributed by atoms with van der Waals surface area (Å²) < 4.78 is 5.10. The van der Waals surface area contributed by atoms with Gasteiger partial charge in [0.1, 0.15) is 5.75 Å². The SMILES string of the molecule is COc1ccc(NC(=O)c2nnc(C(=O)N3CCC[C@@H](C(=O)NCCC(C)C)C3)s2)cc1. The molecule has 1 atom stereocenters. The highest BCUT2D eigenvalue weighted by Gasteiger charge is 2.30. The number of piperidine rings is 1. The van der Waals surface area contributed by atoms with Crippen molar-refractivity contribution in [1.29, 1.82) is 0 Å². The van der Waals surface area contributed by atoms with E-state index >= 15 is 0 Å². The van der Waals surface area contributed by atoms with Crippen LogP contribution in [0.15, 0.2) is 24.3 Å². The molecule has 1 aromatic heterocycles. The lowest BCUT2D eigenvalue weighted by atomic mass is 9.97. The molecular weight excluding hydrogens is 430 g/mol. The number of carbonyl (C=O) groups excluding carboxylic acids is 3. The molecule has 0 unspecified atom stereocenters. The lowest BCUT2D eigenvalue weighted by Gasteiger charge is -2.31. The van der Waals surface area contributed by atoms with Crippen molar-refractivity contribution in [3.63, 3.8) is 0 Å². The van der Waals surface area contributed by atoms with Crippen molar-refractivity contribution in [2.45, 2.75) is 33.1 Å². The van der Waals surface area contributed by atoms with E-state index in [0.717, 1.165) is 30.6 Å². The van der Waals surface area contributed by atoms with Crippen molar-refractivity contribution in [2.75, 3.05) is 32.1 Å². The summed E-state index contributed by atoms with van der Waals surface area (Å²) in [5.41, 5.74) is 0.584. The van der Waals surface area contributed by atoms with E-state index in [0.29, 0.717) is 37.0 Å². The smallest absolute Gasteiger partial charge is 0.286 e. The summed E-state index contributed by atoms with van der Waals surface area (Å²) in [4.78, 5) is 39.4. The normalized spacial score (nSPS) is 16.0.